The van der Waals surface area contributed by atoms with E-state index in [1.54, 1.807) is 24.5 Å². The number of rotatable bonds is 7. The standard InChI is InChI=1S/C17H27N3O4S2/c1-14(10-13-25(2)22)18-17(21)19-15-8-4-5-9-16(15)26(23,24)20-11-6-3-7-12-20/h4-5,8-9,14H,3,6-7,10-13H2,1-2H3,(H2,18,19,21)/t14-,25-/m0/s1. The Labute approximate surface area is 158 Å². The topological polar surface area (TPSA) is 95.6 Å². The third kappa shape index (κ3) is 5.78. The zero-order valence-electron chi connectivity index (χ0n) is 15.2. The SMILES string of the molecule is C[C@@H](CC[S@](C)=O)NC(=O)Nc1ccccc1S(=O)(=O)N1CCCCC1. The van der Waals surface area contributed by atoms with E-state index < -0.39 is 26.9 Å². The average molecular weight is 402 g/mol. The number of hydrogen-bond acceptors (Lipinski definition) is 4. The van der Waals surface area contributed by atoms with Crippen LogP contribution in [0.2, 0.25) is 0 Å². The van der Waals surface area contributed by atoms with Gasteiger partial charge < -0.3 is 10.6 Å². The van der Waals surface area contributed by atoms with Crippen molar-refractivity contribution >= 4 is 32.5 Å². The first-order valence-electron chi connectivity index (χ1n) is 8.77. The van der Waals surface area contributed by atoms with Crippen molar-refractivity contribution in [1.29, 1.82) is 0 Å². The molecule has 2 rings (SSSR count). The van der Waals surface area contributed by atoms with Crippen LogP contribution in [0.1, 0.15) is 32.6 Å². The third-order valence-electron chi connectivity index (χ3n) is 4.28. The Morgan fingerprint density at radius 3 is 2.54 bits per heavy atom. The van der Waals surface area contributed by atoms with E-state index in [4.69, 9.17) is 0 Å². The molecule has 2 N–H and O–H groups in total. The number of amides is 2. The smallest absolute Gasteiger partial charge is 0.319 e. The van der Waals surface area contributed by atoms with Gasteiger partial charge in [-0.05, 0) is 38.3 Å². The number of benzene rings is 1. The van der Waals surface area contributed by atoms with Gasteiger partial charge in [0.15, 0.2) is 0 Å². The molecule has 0 bridgehead atoms. The van der Waals surface area contributed by atoms with Gasteiger partial charge in [0.25, 0.3) is 0 Å². The summed E-state index contributed by atoms with van der Waals surface area (Å²) in [5.74, 6) is 0.501. The summed E-state index contributed by atoms with van der Waals surface area (Å²) < 4.78 is 38.4. The molecule has 0 aromatic heterocycles. The van der Waals surface area contributed by atoms with Crippen LogP contribution in [0.3, 0.4) is 0 Å². The summed E-state index contributed by atoms with van der Waals surface area (Å²) in [6, 6.07) is 5.81. The van der Waals surface area contributed by atoms with Crippen LogP contribution in [0, 0.1) is 0 Å². The maximum absolute atomic E-state index is 12.9. The molecule has 1 saturated heterocycles. The fraction of sp³-hybridized carbons (Fsp3) is 0.588. The second-order valence-electron chi connectivity index (χ2n) is 6.53. The van der Waals surface area contributed by atoms with E-state index in [-0.39, 0.29) is 16.6 Å². The van der Waals surface area contributed by atoms with Gasteiger partial charge in [0.1, 0.15) is 4.90 Å². The average Bonchev–Trinajstić information content (AvgIpc) is 2.61. The zero-order valence-corrected chi connectivity index (χ0v) is 16.9. The van der Waals surface area contributed by atoms with Crippen molar-refractivity contribution in [3.8, 4) is 0 Å². The van der Waals surface area contributed by atoms with E-state index in [9.17, 15) is 17.4 Å². The molecule has 1 aromatic rings. The van der Waals surface area contributed by atoms with Crippen molar-refractivity contribution in [2.24, 2.45) is 0 Å². The molecule has 146 valence electrons. The number of carbonyl (C=O) groups excluding carboxylic acids is 1. The van der Waals surface area contributed by atoms with Gasteiger partial charge in [-0.2, -0.15) is 4.31 Å². The Bertz CT molecular complexity index is 746. The first-order chi connectivity index (χ1) is 12.3. The van der Waals surface area contributed by atoms with Crippen LogP contribution in [-0.2, 0) is 20.8 Å². The second kappa shape index (κ2) is 9.48. The Balaban J connectivity index is 2.08. The number of anilines is 1. The molecular formula is C17H27N3O4S2. The summed E-state index contributed by atoms with van der Waals surface area (Å²) >= 11 is 0. The third-order valence-corrected chi connectivity index (χ3v) is 7.05. The van der Waals surface area contributed by atoms with Crippen LogP contribution in [0.15, 0.2) is 29.2 Å². The molecule has 0 unspecified atom stereocenters. The summed E-state index contributed by atoms with van der Waals surface area (Å²) in [6.07, 6.45) is 4.95. The van der Waals surface area contributed by atoms with Crippen LogP contribution in [-0.4, -0.2) is 54.1 Å². The molecule has 0 spiro atoms. The predicted octanol–water partition coefficient (Wildman–Crippen LogP) is 2.14. The number of para-hydroxylation sites is 1. The molecule has 0 aliphatic carbocycles. The highest BCUT2D eigenvalue weighted by molar-refractivity contribution is 7.89. The minimum absolute atomic E-state index is 0.111. The van der Waals surface area contributed by atoms with Gasteiger partial charge in [0, 0.05) is 41.9 Å². The van der Waals surface area contributed by atoms with Crippen molar-refractivity contribution in [2.45, 2.75) is 43.5 Å². The van der Waals surface area contributed by atoms with Gasteiger partial charge >= 0.3 is 6.03 Å². The number of nitrogens with one attached hydrogen (secondary N) is 2. The van der Waals surface area contributed by atoms with Crippen LogP contribution in [0.5, 0.6) is 0 Å². The molecule has 1 aliphatic heterocycles. The van der Waals surface area contributed by atoms with Crippen LogP contribution < -0.4 is 10.6 Å². The Kier molecular flexibility index (Phi) is 7.60. The van der Waals surface area contributed by atoms with Crippen molar-refractivity contribution in [3.63, 3.8) is 0 Å². The Morgan fingerprint density at radius 2 is 1.88 bits per heavy atom. The van der Waals surface area contributed by atoms with Crippen LogP contribution >= 0.6 is 0 Å². The normalized spacial score (nSPS) is 18.1. The quantitative estimate of drug-likeness (QED) is 0.732. The summed E-state index contributed by atoms with van der Waals surface area (Å²) in [6.45, 7) is 2.84. The van der Waals surface area contributed by atoms with Gasteiger partial charge in [-0.3, -0.25) is 4.21 Å². The molecule has 1 aromatic carbocycles. The Hall–Kier alpha value is -1.45. The van der Waals surface area contributed by atoms with Crippen LogP contribution in [0.4, 0.5) is 10.5 Å². The lowest BCUT2D eigenvalue weighted by Crippen LogP contribution is -2.38. The number of hydrogen-bond donors (Lipinski definition) is 2. The highest BCUT2D eigenvalue weighted by Crippen LogP contribution is 2.26. The molecule has 0 saturated carbocycles. The van der Waals surface area contributed by atoms with E-state index in [0.717, 1.165) is 19.3 Å². The van der Waals surface area contributed by atoms with E-state index >= 15 is 0 Å². The zero-order chi connectivity index (χ0) is 19.2. The highest BCUT2D eigenvalue weighted by atomic mass is 32.2. The number of piperidine rings is 1. The first-order valence-corrected chi connectivity index (χ1v) is 11.9. The minimum Gasteiger partial charge on any atom is -0.335 e. The van der Waals surface area contributed by atoms with Gasteiger partial charge in [-0.1, -0.05) is 18.6 Å². The fourth-order valence-corrected chi connectivity index (χ4v) is 5.19. The van der Waals surface area contributed by atoms with E-state index in [0.29, 0.717) is 25.3 Å². The maximum atomic E-state index is 12.9. The molecule has 0 radical (unpaired) electrons. The number of carbonyl (C=O) groups is 1. The largest absolute Gasteiger partial charge is 0.335 e. The first kappa shape index (κ1) is 20.9. The molecular weight excluding hydrogens is 374 g/mol. The van der Waals surface area contributed by atoms with Crippen molar-refractivity contribution < 1.29 is 17.4 Å². The maximum Gasteiger partial charge on any atom is 0.319 e. The fourth-order valence-electron chi connectivity index (χ4n) is 2.84. The Morgan fingerprint density at radius 1 is 1.23 bits per heavy atom. The summed E-state index contributed by atoms with van der Waals surface area (Å²) in [5, 5.41) is 5.39. The summed E-state index contributed by atoms with van der Waals surface area (Å²) in [7, 11) is -4.55. The second-order valence-corrected chi connectivity index (χ2v) is 9.99. The number of nitrogens with zero attached hydrogens (tertiary/aromatic N) is 1. The molecule has 2 amide bonds. The molecule has 1 fully saturated rings. The van der Waals surface area contributed by atoms with Crippen LogP contribution in [0.25, 0.3) is 0 Å². The van der Waals surface area contributed by atoms with Crippen molar-refractivity contribution in [2.75, 3.05) is 30.4 Å². The molecule has 7 nitrogen and oxygen atoms in total. The van der Waals surface area contributed by atoms with Crippen molar-refractivity contribution in [1.82, 2.24) is 9.62 Å². The highest BCUT2D eigenvalue weighted by Gasteiger charge is 2.28. The molecule has 1 heterocycles. The van der Waals surface area contributed by atoms with E-state index in [1.165, 1.54) is 10.4 Å². The summed E-state index contributed by atoms with van der Waals surface area (Å²) in [5.41, 5.74) is 0.266. The lowest BCUT2D eigenvalue weighted by Gasteiger charge is -2.27. The van der Waals surface area contributed by atoms with Gasteiger partial charge in [-0.15, -0.1) is 0 Å². The van der Waals surface area contributed by atoms with Gasteiger partial charge in [0.05, 0.1) is 5.69 Å². The molecule has 2 atom stereocenters. The predicted molar refractivity (Wildman–Crippen MR) is 104 cm³/mol. The van der Waals surface area contributed by atoms with Gasteiger partial charge in [0.2, 0.25) is 10.0 Å². The van der Waals surface area contributed by atoms with E-state index in [2.05, 4.69) is 10.6 Å². The molecule has 26 heavy (non-hydrogen) atoms. The number of urea groups is 1. The number of sulfonamides is 1. The van der Waals surface area contributed by atoms with Crippen molar-refractivity contribution in [3.05, 3.63) is 24.3 Å². The molecule has 1 aliphatic rings. The monoisotopic (exact) mass is 401 g/mol. The lowest BCUT2D eigenvalue weighted by molar-refractivity contribution is 0.249. The summed E-state index contributed by atoms with van der Waals surface area (Å²) in [4.78, 5) is 12.3. The van der Waals surface area contributed by atoms with E-state index in [1.807, 2.05) is 6.92 Å². The lowest BCUT2D eigenvalue weighted by atomic mass is 10.2. The molecule has 9 heteroatoms. The minimum atomic E-state index is -3.64. The van der Waals surface area contributed by atoms with Gasteiger partial charge in [-0.25, -0.2) is 13.2 Å².